The third kappa shape index (κ3) is 3.65. The lowest BCUT2D eigenvalue weighted by Crippen LogP contribution is -2.35. The second-order valence-electron chi connectivity index (χ2n) is 5.64. The number of aryl methyl sites for hydroxylation is 1. The van der Waals surface area contributed by atoms with Crippen LogP contribution in [0.4, 0.5) is 11.8 Å². The fraction of sp³-hybridized carbons (Fsp3) is 0.235. The standard InChI is InChI=1S/C17H19ClN6/c1-10-4-3-5-13(11(10)2)14-6-16(24-17(19)23-14)22-8-12-7-21-15(18)9-20-12/h3-7,9,12,20H,8H2,1-2H3,(H3,19,22,23,24). The zero-order valence-electron chi connectivity index (χ0n) is 13.5. The number of nitrogen functional groups attached to an aromatic ring is 1. The van der Waals surface area contributed by atoms with Gasteiger partial charge in [0.2, 0.25) is 5.95 Å². The molecule has 0 fully saturated rings. The van der Waals surface area contributed by atoms with Gasteiger partial charge in [0.15, 0.2) is 0 Å². The van der Waals surface area contributed by atoms with Crippen molar-refractivity contribution in [3.05, 3.63) is 46.7 Å². The van der Waals surface area contributed by atoms with Crippen LogP contribution in [0.2, 0.25) is 0 Å². The Morgan fingerprint density at radius 2 is 2.12 bits per heavy atom. The maximum absolute atomic E-state index is 5.88. The molecule has 0 spiro atoms. The molecule has 2 heterocycles. The summed E-state index contributed by atoms with van der Waals surface area (Å²) in [6.07, 6.45) is 3.43. The van der Waals surface area contributed by atoms with E-state index in [1.807, 2.05) is 18.2 Å². The number of hydrogen-bond donors (Lipinski definition) is 3. The summed E-state index contributed by atoms with van der Waals surface area (Å²) in [4.78, 5) is 12.7. The maximum atomic E-state index is 5.88. The monoisotopic (exact) mass is 342 g/mol. The first-order valence-electron chi connectivity index (χ1n) is 7.64. The molecule has 4 N–H and O–H groups in total. The first kappa shape index (κ1) is 16.3. The van der Waals surface area contributed by atoms with E-state index in [-0.39, 0.29) is 12.0 Å². The van der Waals surface area contributed by atoms with Gasteiger partial charge < -0.3 is 16.4 Å². The van der Waals surface area contributed by atoms with E-state index in [0.717, 1.165) is 11.3 Å². The summed E-state index contributed by atoms with van der Waals surface area (Å²) in [6, 6.07) is 8.07. The summed E-state index contributed by atoms with van der Waals surface area (Å²) in [7, 11) is 0. The van der Waals surface area contributed by atoms with Crippen LogP contribution in [-0.4, -0.2) is 28.8 Å². The van der Waals surface area contributed by atoms with Crippen molar-refractivity contribution in [1.82, 2.24) is 15.3 Å². The van der Waals surface area contributed by atoms with Crippen molar-refractivity contribution in [2.75, 3.05) is 17.6 Å². The smallest absolute Gasteiger partial charge is 0.222 e. The summed E-state index contributed by atoms with van der Waals surface area (Å²) in [6.45, 7) is 4.76. The summed E-state index contributed by atoms with van der Waals surface area (Å²) >= 11 is 5.78. The molecule has 0 saturated carbocycles. The molecule has 6 nitrogen and oxygen atoms in total. The number of benzene rings is 1. The third-order valence-electron chi connectivity index (χ3n) is 3.92. The summed E-state index contributed by atoms with van der Waals surface area (Å²) in [5, 5.41) is 6.83. The van der Waals surface area contributed by atoms with Gasteiger partial charge in [0.05, 0.1) is 11.7 Å². The molecule has 1 unspecified atom stereocenters. The van der Waals surface area contributed by atoms with Crippen LogP contribution in [0.5, 0.6) is 0 Å². The summed E-state index contributed by atoms with van der Waals surface area (Å²) < 4.78 is 0. The molecule has 0 amide bonds. The van der Waals surface area contributed by atoms with Gasteiger partial charge in [-0.05, 0) is 25.0 Å². The van der Waals surface area contributed by atoms with E-state index < -0.39 is 0 Å². The average molecular weight is 343 g/mol. The van der Waals surface area contributed by atoms with Crippen LogP contribution in [0.3, 0.4) is 0 Å². The minimum atomic E-state index is 0.0350. The molecule has 0 bridgehead atoms. The Hall–Kier alpha value is -2.60. The number of aliphatic imine (C=N–C) groups is 1. The normalized spacial score (nSPS) is 16.5. The van der Waals surface area contributed by atoms with Crippen molar-refractivity contribution >= 4 is 29.6 Å². The van der Waals surface area contributed by atoms with Crippen LogP contribution in [-0.2, 0) is 0 Å². The highest BCUT2D eigenvalue weighted by Crippen LogP contribution is 2.26. The van der Waals surface area contributed by atoms with E-state index in [1.54, 1.807) is 12.4 Å². The highest BCUT2D eigenvalue weighted by molar-refractivity contribution is 6.29. The van der Waals surface area contributed by atoms with Gasteiger partial charge >= 0.3 is 0 Å². The number of nitrogens with one attached hydrogen (secondary N) is 2. The van der Waals surface area contributed by atoms with Crippen molar-refractivity contribution in [2.45, 2.75) is 19.9 Å². The molecule has 24 heavy (non-hydrogen) atoms. The van der Waals surface area contributed by atoms with Crippen LogP contribution < -0.4 is 16.4 Å². The quantitative estimate of drug-likeness (QED) is 0.743. The Morgan fingerprint density at radius 1 is 1.29 bits per heavy atom. The molecule has 124 valence electrons. The third-order valence-corrected chi connectivity index (χ3v) is 4.13. The SMILES string of the molecule is Cc1cccc(-c2cc(NCC3C=NC(Cl)=CN3)nc(N)n2)c1C. The minimum Gasteiger partial charge on any atom is -0.379 e. The molecule has 1 aromatic carbocycles. The largest absolute Gasteiger partial charge is 0.379 e. The second-order valence-corrected chi connectivity index (χ2v) is 6.03. The number of nitrogens with two attached hydrogens (primary N) is 1. The van der Waals surface area contributed by atoms with E-state index in [2.05, 4.69) is 45.5 Å². The van der Waals surface area contributed by atoms with Crippen molar-refractivity contribution in [3.63, 3.8) is 0 Å². The maximum Gasteiger partial charge on any atom is 0.222 e. The lowest BCUT2D eigenvalue weighted by molar-refractivity contribution is 0.760. The van der Waals surface area contributed by atoms with Crippen LogP contribution >= 0.6 is 11.6 Å². The zero-order chi connectivity index (χ0) is 17.1. The van der Waals surface area contributed by atoms with Crippen LogP contribution in [0.25, 0.3) is 11.3 Å². The molecule has 0 radical (unpaired) electrons. The molecule has 0 saturated heterocycles. The number of nitrogens with zero attached hydrogens (tertiary/aromatic N) is 3. The molecular weight excluding hydrogens is 324 g/mol. The molecule has 0 aliphatic carbocycles. The number of rotatable bonds is 4. The molecule has 1 atom stereocenters. The predicted molar refractivity (Wildman–Crippen MR) is 99.2 cm³/mol. The van der Waals surface area contributed by atoms with E-state index >= 15 is 0 Å². The van der Waals surface area contributed by atoms with Crippen LogP contribution in [0, 0.1) is 13.8 Å². The van der Waals surface area contributed by atoms with Crippen molar-refractivity contribution in [2.24, 2.45) is 4.99 Å². The minimum absolute atomic E-state index is 0.0350. The molecule has 1 aliphatic rings. The van der Waals surface area contributed by atoms with Gasteiger partial charge in [-0.1, -0.05) is 29.8 Å². The van der Waals surface area contributed by atoms with Crippen molar-refractivity contribution < 1.29 is 0 Å². The summed E-state index contributed by atoms with van der Waals surface area (Å²) in [5.41, 5.74) is 10.1. The molecule has 3 rings (SSSR count). The Morgan fingerprint density at radius 3 is 2.88 bits per heavy atom. The average Bonchev–Trinajstić information content (AvgIpc) is 2.56. The number of hydrogen-bond acceptors (Lipinski definition) is 6. The molecule has 7 heteroatoms. The zero-order valence-corrected chi connectivity index (χ0v) is 14.3. The Kier molecular flexibility index (Phi) is 4.66. The van der Waals surface area contributed by atoms with Gasteiger partial charge in [0, 0.05) is 30.6 Å². The van der Waals surface area contributed by atoms with Gasteiger partial charge in [-0.15, -0.1) is 0 Å². The highest BCUT2D eigenvalue weighted by Gasteiger charge is 2.11. The molecule has 2 aromatic rings. The van der Waals surface area contributed by atoms with Gasteiger partial charge in [-0.2, -0.15) is 4.98 Å². The lowest BCUT2D eigenvalue weighted by Gasteiger charge is -2.17. The predicted octanol–water partition coefficient (Wildman–Crippen LogP) is 2.83. The second kappa shape index (κ2) is 6.88. The molecular formula is C17H19ClN6. The van der Waals surface area contributed by atoms with E-state index in [0.29, 0.717) is 17.5 Å². The van der Waals surface area contributed by atoms with Crippen molar-refractivity contribution in [3.8, 4) is 11.3 Å². The van der Waals surface area contributed by atoms with Gasteiger partial charge in [-0.25, -0.2) is 9.98 Å². The van der Waals surface area contributed by atoms with Gasteiger partial charge in [0.25, 0.3) is 0 Å². The fourth-order valence-corrected chi connectivity index (χ4v) is 2.59. The molecule has 1 aliphatic heterocycles. The fourth-order valence-electron chi connectivity index (χ4n) is 2.47. The van der Waals surface area contributed by atoms with E-state index in [4.69, 9.17) is 17.3 Å². The Labute approximate surface area is 145 Å². The topological polar surface area (TPSA) is 88.2 Å². The Balaban J connectivity index is 1.79. The first-order valence-corrected chi connectivity index (χ1v) is 8.01. The highest BCUT2D eigenvalue weighted by atomic mass is 35.5. The Bertz CT molecular complexity index is 815. The van der Waals surface area contributed by atoms with Crippen LogP contribution in [0.15, 0.2) is 40.6 Å². The lowest BCUT2D eigenvalue weighted by atomic mass is 10.0. The number of halogens is 1. The van der Waals surface area contributed by atoms with Crippen molar-refractivity contribution in [1.29, 1.82) is 0 Å². The van der Waals surface area contributed by atoms with E-state index in [1.165, 1.54) is 11.1 Å². The van der Waals surface area contributed by atoms with Gasteiger partial charge in [0.1, 0.15) is 11.0 Å². The van der Waals surface area contributed by atoms with Crippen LogP contribution in [0.1, 0.15) is 11.1 Å². The number of anilines is 2. The number of aromatic nitrogens is 2. The van der Waals surface area contributed by atoms with E-state index in [9.17, 15) is 0 Å². The van der Waals surface area contributed by atoms with Gasteiger partial charge in [-0.3, -0.25) is 0 Å². The molecule has 1 aromatic heterocycles. The first-order chi connectivity index (χ1) is 11.5. The summed E-state index contributed by atoms with van der Waals surface area (Å²) in [5.74, 6) is 0.915.